The Balaban J connectivity index is 1.50. The number of benzene rings is 1. The normalized spacial score (nSPS) is 21.3. The molecule has 1 aliphatic rings. The van der Waals surface area contributed by atoms with Gasteiger partial charge in [-0.2, -0.15) is 10.2 Å². The highest BCUT2D eigenvalue weighted by Crippen LogP contribution is 2.25. The van der Waals surface area contributed by atoms with Crippen molar-refractivity contribution in [3.05, 3.63) is 47.6 Å². The van der Waals surface area contributed by atoms with Crippen LogP contribution in [-0.4, -0.2) is 16.7 Å². The molecule has 2 aromatic rings. The van der Waals surface area contributed by atoms with Crippen LogP contribution >= 0.6 is 0 Å². The lowest BCUT2D eigenvalue weighted by atomic mass is 10.1. The largest absolute Gasteiger partial charge is 0.338 e. The molecule has 5 heteroatoms. The van der Waals surface area contributed by atoms with Crippen LogP contribution in [0.15, 0.2) is 34.9 Å². The first-order valence-electron chi connectivity index (χ1n) is 7.34. The van der Waals surface area contributed by atoms with Crippen molar-refractivity contribution in [2.75, 3.05) is 6.54 Å². The Morgan fingerprint density at radius 2 is 2.14 bits per heavy atom. The number of hydrogen-bond acceptors (Lipinski definition) is 5. The van der Waals surface area contributed by atoms with E-state index in [2.05, 4.69) is 45.8 Å². The molecule has 1 saturated heterocycles. The van der Waals surface area contributed by atoms with Crippen molar-refractivity contribution < 1.29 is 4.52 Å². The molecule has 2 atom stereocenters. The van der Waals surface area contributed by atoms with Crippen LogP contribution in [0.25, 0.3) is 0 Å². The van der Waals surface area contributed by atoms with Crippen molar-refractivity contribution in [3.63, 3.8) is 0 Å². The van der Waals surface area contributed by atoms with Gasteiger partial charge in [0.25, 0.3) is 0 Å². The van der Waals surface area contributed by atoms with Crippen LogP contribution in [0.4, 0.5) is 0 Å². The quantitative estimate of drug-likeness (QED) is 0.911. The summed E-state index contributed by atoms with van der Waals surface area (Å²) in [6, 6.07) is 12.7. The van der Waals surface area contributed by atoms with Crippen molar-refractivity contribution >= 4 is 0 Å². The van der Waals surface area contributed by atoms with Gasteiger partial charge in [-0.25, -0.2) is 0 Å². The Labute approximate surface area is 124 Å². The summed E-state index contributed by atoms with van der Waals surface area (Å²) in [5.41, 5.74) is 1.33. The zero-order chi connectivity index (χ0) is 14.5. The fourth-order valence-corrected chi connectivity index (χ4v) is 2.63. The second-order valence-corrected chi connectivity index (χ2v) is 5.41. The number of nitrogens with one attached hydrogen (secondary N) is 1. The lowest BCUT2D eigenvalue weighted by Gasteiger charge is -2.01. The SMILES string of the molecule is N#CC1CNC(c2nc(CCCc3ccccc3)no2)C1. The minimum absolute atomic E-state index is 0.0324. The molecular formula is C16H18N4O. The molecular weight excluding hydrogens is 264 g/mol. The second-order valence-electron chi connectivity index (χ2n) is 5.41. The van der Waals surface area contributed by atoms with Crippen molar-refractivity contribution in [2.45, 2.75) is 31.7 Å². The van der Waals surface area contributed by atoms with Gasteiger partial charge in [-0.05, 0) is 24.8 Å². The van der Waals surface area contributed by atoms with Crippen LogP contribution in [0.3, 0.4) is 0 Å². The van der Waals surface area contributed by atoms with Gasteiger partial charge in [0, 0.05) is 13.0 Å². The average molecular weight is 282 g/mol. The summed E-state index contributed by atoms with van der Waals surface area (Å²) in [6.45, 7) is 0.701. The third-order valence-corrected chi connectivity index (χ3v) is 3.80. The van der Waals surface area contributed by atoms with Crippen LogP contribution in [0.1, 0.15) is 36.2 Å². The molecule has 108 valence electrons. The van der Waals surface area contributed by atoms with E-state index in [1.807, 2.05) is 6.07 Å². The fourth-order valence-electron chi connectivity index (χ4n) is 2.63. The van der Waals surface area contributed by atoms with E-state index in [9.17, 15) is 0 Å². The molecule has 2 heterocycles. The van der Waals surface area contributed by atoms with E-state index < -0.39 is 0 Å². The first-order valence-corrected chi connectivity index (χ1v) is 7.34. The van der Waals surface area contributed by atoms with Crippen molar-refractivity contribution in [1.82, 2.24) is 15.5 Å². The number of aryl methyl sites for hydroxylation is 2. The molecule has 0 bridgehead atoms. The second kappa shape index (κ2) is 6.51. The zero-order valence-corrected chi connectivity index (χ0v) is 11.8. The molecule has 1 aromatic carbocycles. The van der Waals surface area contributed by atoms with Crippen LogP contribution in [0.2, 0.25) is 0 Å². The minimum Gasteiger partial charge on any atom is -0.338 e. The number of nitriles is 1. The summed E-state index contributed by atoms with van der Waals surface area (Å²) in [7, 11) is 0. The molecule has 1 aliphatic heterocycles. The number of nitrogens with zero attached hydrogens (tertiary/aromatic N) is 3. The number of hydrogen-bond donors (Lipinski definition) is 1. The van der Waals surface area contributed by atoms with E-state index in [-0.39, 0.29) is 12.0 Å². The van der Waals surface area contributed by atoms with Crippen LogP contribution < -0.4 is 5.32 Å². The van der Waals surface area contributed by atoms with E-state index in [1.165, 1.54) is 5.56 Å². The van der Waals surface area contributed by atoms with E-state index in [0.29, 0.717) is 12.4 Å². The Morgan fingerprint density at radius 1 is 1.29 bits per heavy atom. The smallest absolute Gasteiger partial charge is 0.243 e. The standard InChI is InChI=1S/C16H18N4O/c17-10-13-9-14(18-11-13)16-19-15(20-21-16)8-4-7-12-5-2-1-3-6-12/h1-3,5-6,13-14,18H,4,7-9,11H2. The molecule has 1 aromatic heterocycles. The van der Waals surface area contributed by atoms with Gasteiger partial charge in [-0.3, -0.25) is 0 Å². The highest BCUT2D eigenvalue weighted by Gasteiger charge is 2.29. The van der Waals surface area contributed by atoms with Gasteiger partial charge in [-0.15, -0.1) is 0 Å². The van der Waals surface area contributed by atoms with Crippen LogP contribution in [0.5, 0.6) is 0 Å². The summed E-state index contributed by atoms with van der Waals surface area (Å²) in [4.78, 5) is 4.44. The van der Waals surface area contributed by atoms with Gasteiger partial charge in [0.15, 0.2) is 5.82 Å². The highest BCUT2D eigenvalue weighted by atomic mass is 16.5. The van der Waals surface area contributed by atoms with Gasteiger partial charge in [0.2, 0.25) is 5.89 Å². The van der Waals surface area contributed by atoms with E-state index in [1.54, 1.807) is 0 Å². The molecule has 0 saturated carbocycles. The molecule has 2 unspecified atom stereocenters. The molecule has 0 spiro atoms. The summed E-state index contributed by atoms with van der Waals surface area (Å²) < 4.78 is 5.31. The van der Waals surface area contributed by atoms with Crippen molar-refractivity contribution in [1.29, 1.82) is 5.26 Å². The lowest BCUT2D eigenvalue weighted by molar-refractivity contribution is 0.340. The predicted octanol–water partition coefficient (Wildman–Crippen LogP) is 2.42. The molecule has 0 aliphatic carbocycles. The molecule has 0 radical (unpaired) electrons. The molecule has 0 amide bonds. The van der Waals surface area contributed by atoms with Gasteiger partial charge in [0.05, 0.1) is 18.0 Å². The molecule has 1 N–H and O–H groups in total. The van der Waals surface area contributed by atoms with Crippen LogP contribution in [0, 0.1) is 17.2 Å². The Bertz CT molecular complexity index is 617. The summed E-state index contributed by atoms with van der Waals surface area (Å²) >= 11 is 0. The summed E-state index contributed by atoms with van der Waals surface area (Å²) in [6.07, 6.45) is 3.58. The Kier molecular flexibility index (Phi) is 4.27. The fraction of sp³-hybridized carbons (Fsp3) is 0.438. The number of aromatic nitrogens is 2. The van der Waals surface area contributed by atoms with Gasteiger partial charge >= 0.3 is 0 Å². The highest BCUT2D eigenvalue weighted by molar-refractivity contribution is 5.14. The van der Waals surface area contributed by atoms with Crippen molar-refractivity contribution in [2.24, 2.45) is 5.92 Å². The third kappa shape index (κ3) is 3.47. The molecule has 3 rings (SSSR count). The lowest BCUT2D eigenvalue weighted by Crippen LogP contribution is -2.13. The maximum absolute atomic E-state index is 8.90. The van der Waals surface area contributed by atoms with Crippen LogP contribution in [-0.2, 0) is 12.8 Å². The predicted molar refractivity (Wildman–Crippen MR) is 77.2 cm³/mol. The van der Waals surface area contributed by atoms with Gasteiger partial charge in [-0.1, -0.05) is 35.5 Å². The molecule has 5 nitrogen and oxygen atoms in total. The first kappa shape index (κ1) is 13.8. The topological polar surface area (TPSA) is 74.7 Å². The average Bonchev–Trinajstić information content (AvgIpc) is 3.17. The Morgan fingerprint density at radius 3 is 2.90 bits per heavy atom. The third-order valence-electron chi connectivity index (χ3n) is 3.80. The summed E-state index contributed by atoms with van der Waals surface area (Å²) in [5, 5.41) is 16.2. The maximum Gasteiger partial charge on any atom is 0.243 e. The van der Waals surface area contributed by atoms with Gasteiger partial charge in [0.1, 0.15) is 0 Å². The minimum atomic E-state index is 0.0324. The zero-order valence-electron chi connectivity index (χ0n) is 11.8. The van der Waals surface area contributed by atoms with Crippen molar-refractivity contribution in [3.8, 4) is 6.07 Å². The molecule has 21 heavy (non-hydrogen) atoms. The first-order chi connectivity index (χ1) is 10.3. The monoisotopic (exact) mass is 282 g/mol. The van der Waals surface area contributed by atoms with E-state index in [0.717, 1.165) is 31.5 Å². The summed E-state index contributed by atoms with van der Waals surface area (Å²) in [5.74, 6) is 1.41. The van der Waals surface area contributed by atoms with E-state index in [4.69, 9.17) is 9.78 Å². The maximum atomic E-state index is 8.90. The Hall–Kier alpha value is -2.19. The van der Waals surface area contributed by atoms with Gasteiger partial charge < -0.3 is 9.84 Å². The molecule has 1 fully saturated rings. The number of rotatable bonds is 5. The van der Waals surface area contributed by atoms with E-state index >= 15 is 0 Å².